The zero-order chi connectivity index (χ0) is 42.9. The summed E-state index contributed by atoms with van der Waals surface area (Å²) < 4.78 is 2.32. The molecule has 7 aromatic carbocycles. The molecule has 0 aliphatic carbocycles. The van der Waals surface area contributed by atoms with Crippen LogP contribution in [0.1, 0.15) is 55.5 Å². The van der Waals surface area contributed by atoms with Crippen molar-refractivity contribution in [2.75, 3.05) is 19.0 Å². The zero-order valence-electron chi connectivity index (χ0n) is 37.4. The van der Waals surface area contributed by atoms with Crippen LogP contribution in [0.15, 0.2) is 200 Å². The number of likely N-dealkylation sites (N-methyl/N-ethyl adjacent to an activating group) is 1. The first-order chi connectivity index (χ1) is 29.3. The first-order valence-electron chi connectivity index (χ1n) is 21.8. The average Bonchev–Trinajstić information content (AvgIpc) is 3.60. The molecule has 0 unspecified atom stereocenters. The van der Waals surface area contributed by atoms with Gasteiger partial charge in [-0.25, -0.2) is 0 Å². The standard InChI is InChI=1S/C33H30B.C25H29N2/c1-25-9-17-30(18-10-25)34(31-19-11-26(2)12-20-31,32-21-13-27(3)14-22-32)33-23-15-29(16-24-33)28-7-5-4-6-8-28;1-24(2)18-12-7-9-14-20(18)26(5)22(24)16-11-17-23-25(3,4)19-13-8-10-15-21(19)27(23)6/h4-24H,1-3H3;7-17H,1-6H3/q-1;+1. The molecule has 0 aromatic heterocycles. The van der Waals surface area contributed by atoms with Crippen LogP contribution in [0.2, 0.25) is 0 Å². The second-order valence-electron chi connectivity index (χ2n) is 18.3. The Kier molecular flexibility index (Phi) is 11.2. The Hall–Kier alpha value is -6.45. The molecule has 2 heterocycles. The SMILES string of the molecule is CN1/C(=C/C=C/C2=[N+](C)c3ccccc3C2(C)C)C(C)(C)c2ccccc21.Cc1ccc([B-](c2ccc(C)cc2)(c2ccc(C)cc2)c2ccc(-c3ccccc3)cc2)cc1. The Morgan fingerprint density at radius 2 is 0.902 bits per heavy atom. The normalized spacial score (nSPS) is 15.8. The van der Waals surface area contributed by atoms with Gasteiger partial charge in [0, 0.05) is 41.6 Å². The van der Waals surface area contributed by atoms with E-state index < -0.39 is 6.15 Å². The van der Waals surface area contributed by atoms with Crippen LogP contribution in [0, 0.1) is 20.8 Å². The van der Waals surface area contributed by atoms with Crippen molar-refractivity contribution in [1.82, 2.24) is 0 Å². The Labute approximate surface area is 365 Å². The van der Waals surface area contributed by atoms with Gasteiger partial charge in [0.15, 0.2) is 5.71 Å². The van der Waals surface area contributed by atoms with Gasteiger partial charge in [0.1, 0.15) is 13.2 Å². The molecule has 304 valence electrons. The molecule has 3 heteroatoms. The molecule has 0 fully saturated rings. The number of aryl methyl sites for hydroxylation is 3. The molecule has 0 N–H and O–H groups in total. The number of hydrogen-bond acceptors (Lipinski definition) is 1. The average molecular weight is 795 g/mol. The number of allylic oxidation sites excluding steroid dienone is 4. The Morgan fingerprint density at radius 1 is 0.475 bits per heavy atom. The van der Waals surface area contributed by atoms with Gasteiger partial charge in [-0.15, -0.1) is 0 Å². The van der Waals surface area contributed by atoms with Crippen LogP contribution in [-0.4, -0.2) is 30.5 Å². The Balaban J connectivity index is 0.000000173. The van der Waals surface area contributed by atoms with Crippen LogP contribution in [0.4, 0.5) is 11.4 Å². The molecule has 2 aliphatic heterocycles. The summed E-state index contributed by atoms with van der Waals surface area (Å²) in [6.45, 7) is 15.7. The van der Waals surface area contributed by atoms with Crippen LogP contribution >= 0.6 is 0 Å². The minimum absolute atomic E-state index is 0.0143. The van der Waals surface area contributed by atoms with Crippen molar-refractivity contribution in [3.05, 3.63) is 228 Å². The van der Waals surface area contributed by atoms with E-state index in [4.69, 9.17) is 0 Å². The van der Waals surface area contributed by atoms with Crippen LogP contribution in [-0.2, 0) is 10.8 Å². The fraction of sp³-hybridized carbons (Fsp3) is 0.190. The maximum atomic E-state index is 2.34. The molecule has 9 rings (SSSR count). The second kappa shape index (κ2) is 16.5. The highest BCUT2D eigenvalue weighted by Crippen LogP contribution is 2.46. The summed E-state index contributed by atoms with van der Waals surface area (Å²) in [6, 6.07) is 64.6. The van der Waals surface area contributed by atoms with Crippen molar-refractivity contribution >= 4 is 45.1 Å². The van der Waals surface area contributed by atoms with E-state index in [1.807, 2.05) is 0 Å². The third kappa shape index (κ3) is 7.52. The number of benzene rings is 7. The van der Waals surface area contributed by atoms with E-state index in [-0.39, 0.29) is 10.8 Å². The summed E-state index contributed by atoms with van der Waals surface area (Å²) in [7, 11) is 4.34. The highest BCUT2D eigenvalue weighted by molar-refractivity contribution is 7.19. The van der Waals surface area contributed by atoms with Gasteiger partial charge in [0.05, 0.1) is 5.41 Å². The summed E-state index contributed by atoms with van der Waals surface area (Å²) in [5.74, 6) is 0. The van der Waals surface area contributed by atoms with Crippen molar-refractivity contribution in [3.8, 4) is 11.1 Å². The second-order valence-corrected chi connectivity index (χ2v) is 18.3. The third-order valence-corrected chi connectivity index (χ3v) is 13.6. The van der Waals surface area contributed by atoms with Crippen molar-refractivity contribution in [1.29, 1.82) is 0 Å². The number of rotatable bonds is 7. The number of fused-ring (bicyclic) bond motifs is 2. The predicted molar refractivity (Wildman–Crippen MR) is 265 cm³/mol. The predicted octanol–water partition coefficient (Wildman–Crippen LogP) is 11.2. The van der Waals surface area contributed by atoms with Crippen molar-refractivity contribution in [3.63, 3.8) is 0 Å². The largest absolute Gasteiger partial charge is 0.347 e. The summed E-state index contributed by atoms with van der Waals surface area (Å²) in [5, 5.41) is 0. The molecule has 0 amide bonds. The molecule has 0 spiro atoms. The molecule has 0 radical (unpaired) electrons. The number of para-hydroxylation sites is 2. The summed E-state index contributed by atoms with van der Waals surface area (Å²) >= 11 is 0. The van der Waals surface area contributed by atoms with E-state index in [0.717, 1.165) is 0 Å². The highest BCUT2D eigenvalue weighted by atomic mass is 15.2. The first-order valence-corrected chi connectivity index (χ1v) is 21.8. The quantitative estimate of drug-likeness (QED) is 0.115. The van der Waals surface area contributed by atoms with Gasteiger partial charge >= 0.3 is 0 Å². The lowest BCUT2D eigenvalue weighted by atomic mass is 9.13. The van der Waals surface area contributed by atoms with E-state index in [9.17, 15) is 0 Å². The maximum absolute atomic E-state index is 2.34. The molecular weight excluding hydrogens is 735 g/mol. The Bertz CT molecular complexity index is 2640. The summed E-state index contributed by atoms with van der Waals surface area (Å²) in [6.07, 6.45) is 5.43. The van der Waals surface area contributed by atoms with Crippen molar-refractivity contribution < 1.29 is 4.58 Å². The lowest BCUT2D eigenvalue weighted by Crippen LogP contribution is -2.74. The minimum Gasteiger partial charge on any atom is -0.347 e. The molecule has 0 atom stereocenters. The summed E-state index contributed by atoms with van der Waals surface area (Å²) in [4.78, 5) is 2.32. The molecule has 7 aromatic rings. The summed E-state index contributed by atoms with van der Waals surface area (Å²) in [5.41, 5.74) is 19.8. The molecule has 0 saturated heterocycles. The van der Waals surface area contributed by atoms with Crippen LogP contribution in [0.3, 0.4) is 0 Å². The molecule has 2 nitrogen and oxygen atoms in total. The van der Waals surface area contributed by atoms with Crippen molar-refractivity contribution in [2.45, 2.75) is 59.3 Å². The van der Waals surface area contributed by atoms with Gasteiger partial charge < -0.3 is 4.90 Å². The van der Waals surface area contributed by atoms with Gasteiger partial charge in [-0.1, -0.05) is 200 Å². The van der Waals surface area contributed by atoms with Crippen LogP contribution in [0.5, 0.6) is 0 Å². The van der Waals surface area contributed by atoms with Gasteiger partial charge in [-0.05, 0) is 63.5 Å². The number of anilines is 1. The smallest absolute Gasteiger partial charge is 0.209 e. The van der Waals surface area contributed by atoms with Gasteiger partial charge in [0.2, 0.25) is 5.69 Å². The third-order valence-electron chi connectivity index (χ3n) is 13.6. The fourth-order valence-electron chi connectivity index (χ4n) is 10.1. The lowest BCUT2D eigenvalue weighted by molar-refractivity contribution is -0.401. The monoisotopic (exact) mass is 794 g/mol. The van der Waals surface area contributed by atoms with Crippen LogP contribution < -0.4 is 26.8 Å². The maximum Gasteiger partial charge on any atom is 0.209 e. The number of hydrogen-bond donors (Lipinski definition) is 0. The van der Waals surface area contributed by atoms with E-state index in [2.05, 4.69) is 266 Å². The van der Waals surface area contributed by atoms with E-state index in [1.54, 1.807) is 0 Å². The molecular formula is C58H59BN2. The number of nitrogens with zero attached hydrogens (tertiary/aromatic N) is 2. The molecule has 0 bridgehead atoms. The fourth-order valence-corrected chi connectivity index (χ4v) is 10.1. The molecule has 0 saturated carbocycles. The van der Waals surface area contributed by atoms with Crippen LogP contribution in [0.25, 0.3) is 11.1 Å². The minimum atomic E-state index is -1.35. The zero-order valence-corrected chi connectivity index (χ0v) is 37.4. The Morgan fingerprint density at radius 3 is 1.39 bits per heavy atom. The highest BCUT2D eigenvalue weighted by Gasteiger charge is 2.43. The van der Waals surface area contributed by atoms with Crippen molar-refractivity contribution in [2.24, 2.45) is 0 Å². The molecule has 2 aliphatic rings. The van der Waals surface area contributed by atoms with E-state index in [1.165, 1.54) is 83.6 Å². The van der Waals surface area contributed by atoms with Gasteiger partial charge in [0.25, 0.3) is 0 Å². The first kappa shape index (κ1) is 41.3. The van der Waals surface area contributed by atoms with E-state index >= 15 is 0 Å². The topological polar surface area (TPSA) is 6.25 Å². The van der Waals surface area contributed by atoms with Gasteiger partial charge in [-0.2, -0.15) is 26.4 Å². The van der Waals surface area contributed by atoms with Gasteiger partial charge in [-0.3, -0.25) is 0 Å². The van der Waals surface area contributed by atoms with E-state index in [0.29, 0.717) is 0 Å². The lowest BCUT2D eigenvalue weighted by Gasteiger charge is -2.44. The molecule has 61 heavy (non-hydrogen) atoms.